The van der Waals surface area contributed by atoms with E-state index < -0.39 is 0 Å². The minimum absolute atomic E-state index is 0.550. The SMILES string of the molecule is CC=CCOc1ccccc1-c1ncco1. The van der Waals surface area contributed by atoms with Crippen molar-refractivity contribution in [2.24, 2.45) is 0 Å². The number of oxazole rings is 1. The summed E-state index contributed by atoms with van der Waals surface area (Å²) in [6, 6.07) is 7.69. The van der Waals surface area contributed by atoms with Crippen molar-refractivity contribution in [1.82, 2.24) is 4.98 Å². The lowest BCUT2D eigenvalue weighted by Crippen LogP contribution is -1.95. The van der Waals surface area contributed by atoms with Crippen LogP contribution in [0.3, 0.4) is 0 Å². The molecule has 0 radical (unpaired) electrons. The minimum Gasteiger partial charge on any atom is -0.489 e. The van der Waals surface area contributed by atoms with Gasteiger partial charge in [-0.05, 0) is 19.1 Å². The molecule has 2 rings (SSSR count). The molecule has 3 nitrogen and oxygen atoms in total. The quantitative estimate of drug-likeness (QED) is 0.734. The zero-order valence-corrected chi connectivity index (χ0v) is 9.09. The molecule has 1 aromatic heterocycles. The molecule has 0 aliphatic rings. The maximum absolute atomic E-state index is 5.61. The predicted octanol–water partition coefficient (Wildman–Crippen LogP) is 3.30. The van der Waals surface area contributed by atoms with Gasteiger partial charge in [0.25, 0.3) is 0 Å². The number of nitrogens with zero attached hydrogens (tertiary/aromatic N) is 1. The van der Waals surface area contributed by atoms with Gasteiger partial charge in [0.05, 0.1) is 11.8 Å². The van der Waals surface area contributed by atoms with Gasteiger partial charge in [-0.15, -0.1) is 0 Å². The Hall–Kier alpha value is -2.03. The van der Waals surface area contributed by atoms with Crippen LogP contribution in [0.5, 0.6) is 5.75 Å². The van der Waals surface area contributed by atoms with Crippen LogP contribution in [0.15, 0.2) is 53.3 Å². The second-order valence-electron chi connectivity index (χ2n) is 3.21. The smallest absolute Gasteiger partial charge is 0.229 e. The number of ether oxygens (including phenoxy) is 1. The van der Waals surface area contributed by atoms with Crippen molar-refractivity contribution in [2.75, 3.05) is 6.61 Å². The highest BCUT2D eigenvalue weighted by molar-refractivity contribution is 5.62. The Morgan fingerprint density at radius 2 is 2.25 bits per heavy atom. The molecule has 0 unspecified atom stereocenters. The average molecular weight is 215 g/mol. The van der Waals surface area contributed by atoms with Gasteiger partial charge in [0, 0.05) is 0 Å². The Labute approximate surface area is 94.4 Å². The Kier molecular flexibility index (Phi) is 3.38. The van der Waals surface area contributed by atoms with Gasteiger partial charge in [-0.2, -0.15) is 0 Å². The van der Waals surface area contributed by atoms with Crippen LogP contribution in [-0.2, 0) is 0 Å². The number of para-hydroxylation sites is 1. The van der Waals surface area contributed by atoms with Crippen LogP contribution in [0, 0.1) is 0 Å². The molecule has 0 atom stereocenters. The third kappa shape index (κ3) is 2.31. The monoisotopic (exact) mass is 215 g/mol. The first-order valence-electron chi connectivity index (χ1n) is 5.14. The van der Waals surface area contributed by atoms with E-state index in [0.717, 1.165) is 11.3 Å². The molecule has 3 heteroatoms. The van der Waals surface area contributed by atoms with Crippen molar-refractivity contribution in [3.8, 4) is 17.2 Å². The number of aromatic nitrogens is 1. The van der Waals surface area contributed by atoms with Crippen LogP contribution < -0.4 is 4.74 Å². The third-order valence-electron chi connectivity index (χ3n) is 2.12. The van der Waals surface area contributed by atoms with Crippen molar-refractivity contribution in [1.29, 1.82) is 0 Å². The predicted molar refractivity (Wildman–Crippen MR) is 62.2 cm³/mol. The topological polar surface area (TPSA) is 35.3 Å². The van der Waals surface area contributed by atoms with Crippen LogP contribution in [-0.4, -0.2) is 11.6 Å². The number of hydrogen-bond donors (Lipinski definition) is 0. The van der Waals surface area contributed by atoms with Crippen LogP contribution in [0.1, 0.15) is 6.92 Å². The molecule has 0 aliphatic heterocycles. The first-order valence-corrected chi connectivity index (χ1v) is 5.14. The van der Waals surface area contributed by atoms with E-state index in [2.05, 4.69) is 4.98 Å². The van der Waals surface area contributed by atoms with Crippen LogP contribution >= 0.6 is 0 Å². The zero-order chi connectivity index (χ0) is 11.2. The zero-order valence-electron chi connectivity index (χ0n) is 9.09. The van der Waals surface area contributed by atoms with Crippen LogP contribution in [0.4, 0.5) is 0 Å². The fourth-order valence-corrected chi connectivity index (χ4v) is 1.36. The van der Waals surface area contributed by atoms with E-state index in [1.54, 1.807) is 12.5 Å². The molecule has 0 saturated heterocycles. The third-order valence-corrected chi connectivity index (χ3v) is 2.12. The maximum atomic E-state index is 5.61. The van der Waals surface area contributed by atoms with Gasteiger partial charge in [-0.25, -0.2) is 4.98 Å². The Balaban J connectivity index is 2.24. The number of rotatable bonds is 4. The standard InChI is InChI=1S/C13H13NO2/c1-2-3-9-15-12-7-5-4-6-11(12)13-14-8-10-16-13/h2-8,10H,9H2,1H3. The number of hydrogen-bond acceptors (Lipinski definition) is 3. The maximum Gasteiger partial charge on any atom is 0.229 e. The summed E-state index contributed by atoms with van der Waals surface area (Å²) in [6.07, 6.45) is 7.08. The molecule has 0 aliphatic carbocycles. The number of allylic oxidation sites excluding steroid dienone is 1. The van der Waals surface area contributed by atoms with Crippen molar-refractivity contribution in [3.05, 3.63) is 48.9 Å². The molecular weight excluding hydrogens is 202 g/mol. The Morgan fingerprint density at radius 1 is 1.38 bits per heavy atom. The molecule has 0 N–H and O–H groups in total. The highest BCUT2D eigenvalue weighted by atomic mass is 16.5. The Bertz CT molecular complexity index is 461. The van der Waals surface area contributed by atoms with E-state index in [-0.39, 0.29) is 0 Å². The van der Waals surface area contributed by atoms with E-state index in [4.69, 9.17) is 9.15 Å². The van der Waals surface area contributed by atoms with Gasteiger partial charge in [0.1, 0.15) is 18.6 Å². The summed E-state index contributed by atoms with van der Waals surface area (Å²) in [5, 5.41) is 0. The van der Waals surface area contributed by atoms with Crippen molar-refractivity contribution < 1.29 is 9.15 Å². The van der Waals surface area contributed by atoms with Crippen molar-refractivity contribution >= 4 is 0 Å². The average Bonchev–Trinajstić information content (AvgIpc) is 2.83. The van der Waals surface area contributed by atoms with Crippen LogP contribution in [0.2, 0.25) is 0 Å². The summed E-state index contributed by atoms with van der Waals surface area (Å²) < 4.78 is 10.9. The lowest BCUT2D eigenvalue weighted by molar-refractivity contribution is 0.363. The van der Waals surface area contributed by atoms with Gasteiger partial charge < -0.3 is 9.15 Å². The second kappa shape index (κ2) is 5.16. The highest BCUT2D eigenvalue weighted by Crippen LogP contribution is 2.28. The molecule has 0 bridgehead atoms. The summed E-state index contributed by atoms with van der Waals surface area (Å²) in [4.78, 5) is 4.11. The summed E-state index contributed by atoms with van der Waals surface area (Å²) in [7, 11) is 0. The summed E-state index contributed by atoms with van der Waals surface area (Å²) >= 11 is 0. The van der Waals surface area contributed by atoms with Gasteiger partial charge >= 0.3 is 0 Å². The lowest BCUT2D eigenvalue weighted by atomic mass is 10.2. The normalized spacial score (nSPS) is 10.8. The molecular formula is C13H13NO2. The molecule has 82 valence electrons. The van der Waals surface area contributed by atoms with Crippen molar-refractivity contribution in [3.63, 3.8) is 0 Å². The van der Waals surface area contributed by atoms with E-state index >= 15 is 0 Å². The minimum atomic E-state index is 0.550. The number of benzene rings is 1. The molecule has 1 aromatic carbocycles. The van der Waals surface area contributed by atoms with Gasteiger partial charge in [0.15, 0.2) is 0 Å². The summed E-state index contributed by atoms with van der Waals surface area (Å²) in [6.45, 7) is 2.51. The fraction of sp³-hybridized carbons (Fsp3) is 0.154. The van der Waals surface area contributed by atoms with Crippen molar-refractivity contribution in [2.45, 2.75) is 6.92 Å². The van der Waals surface area contributed by atoms with E-state index in [1.165, 1.54) is 0 Å². The van der Waals surface area contributed by atoms with E-state index in [1.807, 2.05) is 43.3 Å². The van der Waals surface area contributed by atoms with Gasteiger partial charge in [-0.1, -0.05) is 24.3 Å². The molecule has 1 heterocycles. The summed E-state index contributed by atoms with van der Waals surface area (Å²) in [5.41, 5.74) is 0.872. The molecule has 0 spiro atoms. The second-order valence-corrected chi connectivity index (χ2v) is 3.21. The Morgan fingerprint density at radius 3 is 3.00 bits per heavy atom. The largest absolute Gasteiger partial charge is 0.489 e. The molecule has 2 aromatic rings. The van der Waals surface area contributed by atoms with Crippen LogP contribution in [0.25, 0.3) is 11.5 Å². The first-order chi connectivity index (χ1) is 7.92. The lowest BCUT2D eigenvalue weighted by Gasteiger charge is -2.06. The molecule has 0 saturated carbocycles. The van der Waals surface area contributed by atoms with E-state index in [9.17, 15) is 0 Å². The molecule has 0 fully saturated rings. The molecule has 0 amide bonds. The van der Waals surface area contributed by atoms with E-state index in [0.29, 0.717) is 12.5 Å². The fourth-order valence-electron chi connectivity index (χ4n) is 1.36. The highest BCUT2D eigenvalue weighted by Gasteiger charge is 2.08. The molecule has 16 heavy (non-hydrogen) atoms. The van der Waals surface area contributed by atoms with Gasteiger partial charge in [0.2, 0.25) is 5.89 Å². The van der Waals surface area contributed by atoms with Gasteiger partial charge in [-0.3, -0.25) is 0 Å². The first kappa shape index (κ1) is 10.5. The summed E-state index contributed by atoms with van der Waals surface area (Å²) in [5.74, 6) is 1.36.